The number of amides is 7. The molecule has 0 radical (unpaired) electrons. The summed E-state index contributed by atoms with van der Waals surface area (Å²) in [5.74, 6) is -8.57. The lowest BCUT2D eigenvalue weighted by Gasteiger charge is -2.47. The standard InChI is InChI=1S/C41H66N14O20/c1-11-21(52-35(55-32(11)44)16(5-20(43)59)49-6-15(42)33(45)65)37(68)54-23(38(69)51-13(3)24(60)12(2)36(67)53-22(14(4)58)34(46)66)29(17-7-48-10-50-17)73-40-31(27(63)25(61)18(8-56)72-40)74-39-28(64)30(75-41(47)70)26(62)19(9-57)71-39/h7,10,12-16,18-19,22-31,39-40,49,56-58,60-64H,5-6,8-9,42H2,1-4H3,(H2,43,59)(H2,45,65)(H2,46,66)(H2,47,70)(H,48,50)(H,51,69)(H,53,67)(H,54,68)(H2,44,52,55)/t12-,13+,14+,15-,16-,18-,19+,22-,23-,24-,25+,26+,27-,28-,29-,30-,31-,39+,40-/m0/s1. The fraction of sp³-hybridized carbons (Fsp3) is 0.659. The number of nitrogens with two attached hydrogens (primary N) is 6. The molecule has 2 aliphatic heterocycles. The van der Waals surface area contributed by atoms with Crippen molar-refractivity contribution in [3.8, 4) is 0 Å². The lowest BCUT2D eigenvalue weighted by Crippen LogP contribution is -2.65. The Morgan fingerprint density at radius 3 is 1.97 bits per heavy atom. The Kier molecular flexibility index (Phi) is 21.9. The number of ether oxygens (including phenoxy) is 5. The summed E-state index contributed by atoms with van der Waals surface area (Å²) in [5.41, 5.74) is 32.3. The molecule has 19 atom stereocenters. The average Bonchev–Trinajstić information content (AvgIpc) is 3.89. The highest BCUT2D eigenvalue weighted by molar-refractivity contribution is 5.98. The van der Waals surface area contributed by atoms with Gasteiger partial charge >= 0.3 is 6.09 Å². The molecule has 0 saturated carbocycles. The second-order valence-electron chi connectivity index (χ2n) is 17.7. The monoisotopic (exact) mass is 1070 g/mol. The summed E-state index contributed by atoms with van der Waals surface area (Å²) >= 11 is 0. The van der Waals surface area contributed by atoms with Gasteiger partial charge in [-0.05, 0) is 20.8 Å². The van der Waals surface area contributed by atoms with Crippen molar-refractivity contribution < 1.29 is 98.1 Å². The first-order chi connectivity index (χ1) is 35.1. The van der Waals surface area contributed by atoms with Crippen molar-refractivity contribution in [1.29, 1.82) is 0 Å². The number of nitrogens with zero attached hydrogens (tertiary/aromatic N) is 3. The molecule has 420 valence electrons. The summed E-state index contributed by atoms with van der Waals surface area (Å²) < 4.78 is 28.4. The highest BCUT2D eigenvalue weighted by Crippen LogP contribution is 2.34. The van der Waals surface area contributed by atoms with Crippen LogP contribution in [0.4, 0.5) is 10.6 Å². The molecule has 0 spiro atoms. The number of carbonyl (C=O) groups is 7. The average molecular weight is 1080 g/mol. The SMILES string of the molecule is Cc1c(N)nc([C@H](CC(N)=O)NC[C@H](N)C(N)=O)nc1C(=O)N[C@H](C(=O)N[C@H](C)[C@@H](O)[C@H](C)C(=O)N[C@H](C(N)=O)[C@@H](C)O)[C@@H](O[C@@H]1O[C@@H](CO)[C@@H](O)[C@H](O)[C@@H]1O[C@H]1O[C@H](CO)[C@@H](O)[C@H](OC(N)=O)[C@@H]1O)c1cnc[nH]1. The van der Waals surface area contributed by atoms with Gasteiger partial charge in [0.25, 0.3) is 5.91 Å². The van der Waals surface area contributed by atoms with Gasteiger partial charge in [0.2, 0.25) is 29.5 Å². The number of aromatic nitrogens is 4. The number of hydrogen-bond donors (Lipinski definition) is 19. The molecule has 25 N–H and O–H groups in total. The van der Waals surface area contributed by atoms with Crippen LogP contribution in [0.3, 0.4) is 0 Å². The lowest BCUT2D eigenvalue weighted by atomic mass is 9.96. The topological polar surface area (TPSA) is 586 Å². The number of aromatic amines is 1. The summed E-state index contributed by atoms with van der Waals surface area (Å²) in [6.45, 7) is 2.58. The Hall–Kier alpha value is -6.38. The Morgan fingerprint density at radius 1 is 0.800 bits per heavy atom. The molecule has 0 aliphatic carbocycles. The maximum absolute atomic E-state index is 14.8. The van der Waals surface area contributed by atoms with Crippen molar-refractivity contribution >= 4 is 47.4 Å². The first-order valence-corrected chi connectivity index (χ1v) is 22.9. The minimum atomic E-state index is -2.17. The molecule has 2 aliphatic rings. The third-order valence-corrected chi connectivity index (χ3v) is 12.1. The molecule has 2 fully saturated rings. The molecule has 75 heavy (non-hydrogen) atoms. The quantitative estimate of drug-likeness (QED) is 0.0416. The number of anilines is 1. The number of H-pyrrole nitrogens is 1. The van der Waals surface area contributed by atoms with Crippen molar-refractivity contribution in [2.75, 3.05) is 25.5 Å². The van der Waals surface area contributed by atoms with E-state index in [1.54, 1.807) is 0 Å². The smallest absolute Gasteiger partial charge is 0.404 e. The molecule has 2 aromatic heterocycles. The van der Waals surface area contributed by atoms with Gasteiger partial charge < -0.3 is 125 Å². The van der Waals surface area contributed by atoms with E-state index in [2.05, 4.69) is 41.2 Å². The molecule has 34 heteroatoms. The van der Waals surface area contributed by atoms with Gasteiger partial charge in [-0.1, -0.05) is 6.92 Å². The number of nitrogen functional groups attached to an aromatic ring is 1. The van der Waals surface area contributed by atoms with E-state index in [9.17, 15) is 74.4 Å². The van der Waals surface area contributed by atoms with E-state index in [1.807, 2.05) is 0 Å². The molecule has 0 aromatic carbocycles. The van der Waals surface area contributed by atoms with Gasteiger partial charge in [-0.15, -0.1) is 0 Å². The van der Waals surface area contributed by atoms with E-state index < -0.39 is 183 Å². The van der Waals surface area contributed by atoms with Crippen LogP contribution in [0.15, 0.2) is 12.5 Å². The van der Waals surface area contributed by atoms with Crippen molar-refractivity contribution in [1.82, 2.24) is 41.2 Å². The van der Waals surface area contributed by atoms with Gasteiger partial charge in [0, 0.05) is 18.5 Å². The maximum atomic E-state index is 14.8. The van der Waals surface area contributed by atoms with E-state index in [0.29, 0.717) is 0 Å². The zero-order valence-electron chi connectivity index (χ0n) is 40.7. The second-order valence-corrected chi connectivity index (χ2v) is 17.7. The molecule has 7 amide bonds. The molecule has 2 saturated heterocycles. The zero-order valence-corrected chi connectivity index (χ0v) is 40.7. The van der Waals surface area contributed by atoms with Crippen LogP contribution < -0.4 is 55.7 Å². The van der Waals surface area contributed by atoms with Crippen molar-refractivity contribution in [3.05, 3.63) is 35.3 Å². The Balaban J connectivity index is 1.85. The molecule has 0 bridgehead atoms. The molecular formula is C41H66N14O20. The van der Waals surface area contributed by atoms with Crippen LogP contribution >= 0.6 is 0 Å². The molecular weight excluding hydrogens is 1010 g/mol. The first kappa shape index (κ1) is 61.2. The predicted octanol–water partition coefficient (Wildman–Crippen LogP) is -10.2. The zero-order chi connectivity index (χ0) is 56.3. The number of primary amides is 4. The minimum Gasteiger partial charge on any atom is -0.441 e. The summed E-state index contributed by atoms with van der Waals surface area (Å²) in [6.07, 6.45) is -25.0. The highest BCUT2D eigenvalue weighted by atomic mass is 16.8. The van der Waals surface area contributed by atoms with Crippen LogP contribution in [0.1, 0.15) is 66.9 Å². The second kappa shape index (κ2) is 26.9. The number of rotatable bonds is 26. The first-order valence-electron chi connectivity index (χ1n) is 22.9. The van der Waals surface area contributed by atoms with Crippen molar-refractivity contribution in [2.24, 2.45) is 34.6 Å². The summed E-state index contributed by atoms with van der Waals surface area (Å²) in [7, 11) is 0. The van der Waals surface area contributed by atoms with Gasteiger partial charge in [-0.3, -0.25) is 28.8 Å². The molecule has 4 rings (SSSR count). The van der Waals surface area contributed by atoms with Crippen LogP contribution in [0.25, 0.3) is 0 Å². The lowest BCUT2D eigenvalue weighted by molar-refractivity contribution is -0.372. The number of hydrogen-bond acceptors (Lipinski definition) is 26. The van der Waals surface area contributed by atoms with E-state index in [0.717, 1.165) is 12.5 Å². The van der Waals surface area contributed by atoms with E-state index in [4.69, 9.17) is 58.1 Å². The van der Waals surface area contributed by atoms with Gasteiger partial charge in [-0.2, -0.15) is 0 Å². The number of imidazole rings is 1. The minimum absolute atomic E-state index is 0.112. The molecule has 34 nitrogen and oxygen atoms in total. The number of carbonyl (C=O) groups excluding carboxylic acids is 7. The predicted molar refractivity (Wildman–Crippen MR) is 247 cm³/mol. The maximum Gasteiger partial charge on any atom is 0.404 e. The van der Waals surface area contributed by atoms with Gasteiger partial charge in [-0.25, -0.2) is 19.7 Å². The third-order valence-electron chi connectivity index (χ3n) is 12.1. The number of nitrogens with one attached hydrogen (secondary N) is 5. The Bertz CT molecular complexity index is 2300. The number of aliphatic hydroxyl groups excluding tert-OH is 8. The van der Waals surface area contributed by atoms with Crippen molar-refractivity contribution in [3.63, 3.8) is 0 Å². The molecule has 4 heterocycles. The van der Waals surface area contributed by atoms with E-state index >= 15 is 0 Å². The van der Waals surface area contributed by atoms with Crippen LogP contribution in [-0.4, -0.2) is 220 Å². The van der Waals surface area contributed by atoms with Gasteiger partial charge in [0.15, 0.2) is 18.7 Å². The van der Waals surface area contributed by atoms with E-state index in [-0.39, 0.29) is 29.4 Å². The summed E-state index contributed by atoms with van der Waals surface area (Å²) in [5, 5.41) is 95.9. The summed E-state index contributed by atoms with van der Waals surface area (Å²) in [4.78, 5) is 105. The van der Waals surface area contributed by atoms with Crippen molar-refractivity contribution in [2.45, 2.75) is 144 Å². The van der Waals surface area contributed by atoms with Gasteiger partial charge in [0.1, 0.15) is 78.3 Å². The molecule has 0 unspecified atom stereocenters. The van der Waals surface area contributed by atoms with E-state index in [1.165, 1.54) is 27.7 Å². The largest absolute Gasteiger partial charge is 0.441 e. The Labute approximate surface area is 425 Å². The Morgan fingerprint density at radius 2 is 1.43 bits per heavy atom. The third kappa shape index (κ3) is 15.4. The van der Waals surface area contributed by atoms with Gasteiger partial charge in [0.05, 0.1) is 67.7 Å². The highest BCUT2D eigenvalue weighted by Gasteiger charge is 2.53. The fourth-order valence-corrected chi connectivity index (χ4v) is 7.75. The van der Waals surface area contributed by atoms with Crippen LogP contribution in [0.2, 0.25) is 0 Å². The van der Waals surface area contributed by atoms with Crippen LogP contribution in [-0.2, 0) is 47.7 Å². The fourth-order valence-electron chi connectivity index (χ4n) is 7.75. The summed E-state index contributed by atoms with van der Waals surface area (Å²) in [6, 6.07) is -7.73. The van der Waals surface area contributed by atoms with Crippen LogP contribution in [0.5, 0.6) is 0 Å². The molecule has 2 aromatic rings. The normalized spacial score (nSPS) is 27.4. The number of aliphatic hydroxyl groups is 8. The van der Waals surface area contributed by atoms with Crippen LogP contribution in [0, 0.1) is 12.8 Å².